The van der Waals surface area contributed by atoms with E-state index < -0.39 is 11.9 Å². The van der Waals surface area contributed by atoms with Gasteiger partial charge in [-0.3, -0.25) is 9.59 Å². The number of para-hydroxylation sites is 2. The normalized spacial score (nSPS) is 24.5. The summed E-state index contributed by atoms with van der Waals surface area (Å²) in [6.07, 6.45) is 1.49. The third-order valence-corrected chi connectivity index (χ3v) is 3.92. The molecule has 2 aliphatic rings. The minimum Gasteiger partial charge on any atom is -0.381 e. The zero-order valence-corrected chi connectivity index (χ0v) is 11.1. The third-order valence-electron chi connectivity index (χ3n) is 3.92. The van der Waals surface area contributed by atoms with Crippen LogP contribution in [0.2, 0.25) is 0 Å². The maximum atomic E-state index is 12.5. The molecule has 0 radical (unpaired) electrons. The minimum atomic E-state index is -0.457. The summed E-state index contributed by atoms with van der Waals surface area (Å²) in [5, 5.41) is 6.46. The molecule has 2 heterocycles. The molecule has 20 heavy (non-hydrogen) atoms. The Hall–Kier alpha value is -2.24. The van der Waals surface area contributed by atoms with Crippen molar-refractivity contribution in [1.82, 2.24) is 4.90 Å². The Kier molecular flexibility index (Phi) is 3.22. The van der Waals surface area contributed by atoms with Crippen molar-refractivity contribution in [2.24, 2.45) is 5.73 Å². The van der Waals surface area contributed by atoms with Gasteiger partial charge in [-0.2, -0.15) is 0 Å². The highest BCUT2D eigenvalue weighted by Gasteiger charge is 2.36. The number of nitrogens with zero attached hydrogens (tertiary/aromatic N) is 1. The van der Waals surface area contributed by atoms with Gasteiger partial charge in [0.2, 0.25) is 11.8 Å². The lowest BCUT2D eigenvalue weighted by Crippen LogP contribution is -2.52. The first kappa shape index (κ1) is 12.8. The van der Waals surface area contributed by atoms with Crippen molar-refractivity contribution in [2.75, 3.05) is 23.7 Å². The van der Waals surface area contributed by atoms with Gasteiger partial charge in [0.05, 0.1) is 11.4 Å². The number of hydrogen-bond acceptors (Lipinski definition) is 4. The number of amides is 2. The predicted octanol–water partition coefficient (Wildman–Crippen LogP) is 0.369. The van der Waals surface area contributed by atoms with Crippen molar-refractivity contribution in [1.29, 1.82) is 0 Å². The zero-order valence-electron chi connectivity index (χ0n) is 11.1. The molecule has 2 amide bonds. The maximum Gasteiger partial charge on any atom is 0.247 e. The molecule has 1 aromatic carbocycles. The number of carbonyl (C=O) groups is 2. The van der Waals surface area contributed by atoms with Crippen LogP contribution in [0.3, 0.4) is 0 Å². The number of fused-ring (bicyclic) bond motifs is 1. The maximum absolute atomic E-state index is 12.5. The molecule has 0 bridgehead atoms. The Labute approximate surface area is 117 Å². The molecule has 2 aliphatic heterocycles. The summed E-state index contributed by atoms with van der Waals surface area (Å²) in [6.45, 7) is 1.12. The van der Waals surface area contributed by atoms with E-state index in [0.717, 1.165) is 17.8 Å². The van der Waals surface area contributed by atoms with Crippen LogP contribution in [-0.4, -0.2) is 41.9 Å². The number of benzene rings is 1. The van der Waals surface area contributed by atoms with Crippen LogP contribution in [0.25, 0.3) is 0 Å². The second kappa shape index (κ2) is 5.03. The van der Waals surface area contributed by atoms with E-state index in [9.17, 15) is 9.59 Å². The van der Waals surface area contributed by atoms with Gasteiger partial charge < -0.3 is 21.3 Å². The van der Waals surface area contributed by atoms with E-state index in [2.05, 4.69) is 10.6 Å². The van der Waals surface area contributed by atoms with Gasteiger partial charge >= 0.3 is 0 Å². The van der Waals surface area contributed by atoms with E-state index in [-0.39, 0.29) is 11.9 Å². The van der Waals surface area contributed by atoms with Gasteiger partial charge in [-0.15, -0.1) is 0 Å². The molecule has 1 saturated heterocycles. The largest absolute Gasteiger partial charge is 0.381 e. The average molecular weight is 274 g/mol. The summed E-state index contributed by atoms with van der Waals surface area (Å²) in [7, 11) is 0. The average Bonchev–Trinajstić information content (AvgIpc) is 2.95. The van der Waals surface area contributed by atoms with Gasteiger partial charge in [-0.25, -0.2) is 0 Å². The molecule has 3 rings (SSSR count). The highest BCUT2D eigenvalue weighted by molar-refractivity contribution is 5.93. The molecule has 6 heteroatoms. The van der Waals surface area contributed by atoms with Gasteiger partial charge in [0.15, 0.2) is 0 Å². The number of nitrogens with two attached hydrogens (primary N) is 1. The molecule has 2 atom stereocenters. The number of rotatable bonds is 2. The van der Waals surface area contributed by atoms with E-state index >= 15 is 0 Å². The highest BCUT2D eigenvalue weighted by Crippen LogP contribution is 2.27. The fraction of sp³-hybridized carbons (Fsp3) is 0.429. The SMILES string of the molecule is NC(=O)C1CCCN1C(=O)C1CNc2ccccc2N1. The lowest BCUT2D eigenvalue weighted by molar-refractivity contribution is -0.137. The first-order chi connectivity index (χ1) is 9.66. The summed E-state index contributed by atoms with van der Waals surface area (Å²) in [6, 6.07) is 6.94. The van der Waals surface area contributed by atoms with Gasteiger partial charge in [-0.1, -0.05) is 12.1 Å². The van der Waals surface area contributed by atoms with Crippen molar-refractivity contribution in [3.8, 4) is 0 Å². The van der Waals surface area contributed by atoms with Gasteiger partial charge in [0, 0.05) is 13.1 Å². The lowest BCUT2D eigenvalue weighted by atomic mass is 10.1. The Morgan fingerprint density at radius 3 is 2.75 bits per heavy atom. The van der Waals surface area contributed by atoms with Crippen molar-refractivity contribution in [3.63, 3.8) is 0 Å². The molecule has 0 aliphatic carbocycles. The molecule has 106 valence electrons. The second-order valence-corrected chi connectivity index (χ2v) is 5.22. The van der Waals surface area contributed by atoms with E-state index in [1.807, 2.05) is 24.3 Å². The molecule has 1 aromatic rings. The molecule has 1 fully saturated rings. The third kappa shape index (κ3) is 2.17. The number of anilines is 2. The Morgan fingerprint density at radius 1 is 1.25 bits per heavy atom. The number of likely N-dealkylation sites (tertiary alicyclic amines) is 1. The van der Waals surface area contributed by atoms with Crippen molar-refractivity contribution in [3.05, 3.63) is 24.3 Å². The van der Waals surface area contributed by atoms with Crippen LogP contribution in [-0.2, 0) is 9.59 Å². The van der Waals surface area contributed by atoms with Crippen LogP contribution in [0.15, 0.2) is 24.3 Å². The van der Waals surface area contributed by atoms with Crippen LogP contribution in [0.4, 0.5) is 11.4 Å². The zero-order chi connectivity index (χ0) is 14.1. The summed E-state index contributed by atoms with van der Waals surface area (Å²) < 4.78 is 0. The van der Waals surface area contributed by atoms with E-state index in [4.69, 9.17) is 5.73 Å². The standard InChI is InChI=1S/C14H18N4O2/c15-13(19)12-6-3-7-18(12)14(20)11-8-16-9-4-1-2-5-10(9)17-11/h1-2,4-5,11-12,16-17H,3,6-8H2,(H2,15,19). The van der Waals surface area contributed by atoms with Crippen molar-refractivity contribution in [2.45, 2.75) is 24.9 Å². The second-order valence-electron chi connectivity index (χ2n) is 5.22. The fourth-order valence-electron chi connectivity index (χ4n) is 2.89. The molecule has 2 unspecified atom stereocenters. The monoisotopic (exact) mass is 274 g/mol. The van der Waals surface area contributed by atoms with Gasteiger partial charge in [-0.05, 0) is 25.0 Å². The molecule has 6 nitrogen and oxygen atoms in total. The van der Waals surface area contributed by atoms with Crippen molar-refractivity contribution < 1.29 is 9.59 Å². The Morgan fingerprint density at radius 2 is 2.00 bits per heavy atom. The van der Waals surface area contributed by atoms with E-state index in [1.165, 1.54) is 0 Å². The summed E-state index contributed by atoms with van der Waals surface area (Å²) in [4.78, 5) is 25.5. The fourth-order valence-corrected chi connectivity index (χ4v) is 2.89. The Bertz CT molecular complexity index is 546. The molecular weight excluding hydrogens is 256 g/mol. The summed E-state index contributed by atoms with van der Waals surface area (Å²) in [5.41, 5.74) is 7.26. The number of carbonyl (C=O) groups excluding carboxylic acids is 2. The van der Waals surface area contributed by atoms with Crippen LogP contribution >= 0.6 is 0 Å². The molecule has 0 saturated carbocycles. The van der Waals surface area contributed by atoms with Crippen molar-refractivity contribution >= 4 is 23.2 Å². The molecule has 0 aromatic heterocycles. The van der Waals surface area contributed by atoms with Crippen LogP contribution in [0, 0.1) is 0 Å². The van der Waals surface area contributed by atoms with E-state index in [1.54, 1.807) is 4.90 Å². The van der Waals surface area contributed by atoms with Crippen LogP contribution in [0.5, 0.6) is 0 Å². The lowest BCUT2D eigenvalue weighted by Gasteiger charge is -2.32. The number of primary amides is 1. The first-order valence-corrected chi connectivity index (χ1v) is 6.86. The smallest absolute Gasteiger partial charge is 0.247 e. The summed E-state index contributed by atoms with van der Waals surface area (Å²) in [5.74, 6) is -0.478. The minimum absolute atomic E-state index is 0.0618. The predicted molar refractivity (Wildman–Crippen MR) is 76.3 cm³/mol. The Balaban J connectivity index is 1.74. The molecular formula is C14H18N4O2. The quantitative estimate of drug-likeness (QED) is 0.727. The molecule has 4 N–H and O–H groups in total. The first-order valence-electron chi connectivity index (χ1n) is 6.86. The van der Waals surface area contributed by atoms with Crippen LogP contribution in [0.1, 0.15) is 12.8 Å². The van der Waals surface area contributed by atoms with Crippen LogP contribution < -0.4 is 16.4 Å². The molecule has 0 spiro atoms. The number of nitrogens with one attached hydrogen (secondary N) is 2. The number of hydrogen-bond donors (Lipinski definition) is 3. The van der Waals surface area contributed by atoms with Gasteiger partial charge in [0.25, 0.3) is 0 Å². The topological polar surface area (TPSA) is 87.5 Å². The van der Waals surface area contributed by atoms with Gasteiger partial charge in [0.1, 0.15) is 12.1 Å². The van der Waals surface area contributed by atoms with E-state index in [0.29, 0.717) is 19.5 Å². The summed E-state index contributed by atoms with van der Waals surface area (Å²) >= 11 is 0. The highest BCUT2D eigenvalue weighted by atomic mass is 16.2.